The van der Waals surface area contributed by atoms with Crippen molar-refractivity contribution in [3.05, 3.63) is 0 Å². The molecular weight excluding hydrogens is 164 g/mol. The van der Waals surface area contributed by atoms with Crippen LogP contribution < -0.4 is 0 Å². The summed E-state index contributed by atoms with van der Waals surface area (Å²) in [5.41, 5.74) is 0. The molecule has 0 heterocycles. The van der Waals surface area contributed by atoms with Crippen molar-refractivity contribution in [2.45, 2.75) is 31.6 Å². The van der Waals surface area contributed by atoms with Gasteiger partial charge in [0.05, 0.1) is 6.42 Å². The highest BCUT2D eigenvalue weighted by atomic mass is 19.3. The summed E-state index contributed by atoms with van der Waals surface area (Å²) in [6.45, 7) is -0.346. The summed E-state index contributed by atoms with van der Waals surface area (Å²) < 4.78 is 48.5. The normalized spacial score (nSPS) is 13.6. The van der Waals surface area contributed by atoms with Crippen LogP contribution in [0.15, 0.2) is 0 Å². The van der Waals surface area contributed by atoms with Gasteiger partial charge in [-0.05, 0) is 6.92 Å². The molecule has 0 fully saturated rings. The summed E-state index contributed by atoms with van der Waals surface area (Å²) >= 11 is 0. The van der Waals surface area contributed by atoms with Gasteiger partial charge >= 0.3 is 0 Å². The van der Waals surface area contributed by atoms with Crippen LogP contribution in [0.3, 0.4) is 0 Å². The number of halogens is 4. The molecule has 0 bridgehead atoms. The topological polar surface area (TPSA) is 20.2 Å². The minimum Gasteiger partial charge on any atom is -0.396 e. The molecule has 68 valence electrons. The van der Waals surface area contributed by atoms with Gasteiger partial charge in [0.15, 0.2) is 0 Å². The minimum absolute atomic E-state index is 0.429. The van der Waals surface area contributed by atoms with Gasteiger partial charge in [-0.1, -0.05) is 0 Å². The van der Waals surface area contributed by atoms with Crippen LogP contribution >= 0.6 is 0 Å². The lowest BCUT2D eigenvalue weighted by Gasteiger charge is -2.18. The lowest BCUT2D eigenvalue weighted by atomic mass is 10.1. The van der Waals surface area contributed by atoms with Gasteiger partial charge in [-0.2, -0.15) is 0 Å². The zero-order chi connectivity index (χ0) is 9.12. The molecule has 0 aromatic rings. The Morgan fingerprint density at radius 3 is 1.91 bits per heavy atom. The molecule has 0 aliphatic rings. The molecular formula is C6H10F4O. The first-order valence-corrected chi connectivity index (χ1v) is 3.13. The van der Waals surface area contributed by atoms with Crippen LogP contribution in [-0.2, 0) is 0 Å². The number of rotatable bonds is 4. The largest absolute Gasteiger partial charge is 0.396 e. The lowest BCUT2D eigenvalue weighted by Crippen LogP contribution is -2.27. The molecule has 1 nitrogen and oxygen atoms in total. The van der Waals surface area contributed by atoms with Crippen molar-refractivity contribution in [3.8, 4) is 0 Å². The van der Waals surface area contributed by atoms with Crippen molar-refractivity contribution in [1.82, 2.24) is 0 Å². The van der Waals surface area contributed by atoms with E-state index < -0.39 is 31.3 Å². The van der Waals surface area contributed by atoms with Crippen LogP contribution in [0.25, 0.3) is 0 Å². The maximum atomic E-state index is 12.3. The van der Waals surface area contributed by atoms with Crippen LogP contribution in [0.1, 0.15) is 19.8 Å². The van der Waals surface area contributed by atoms with Gasteiger partial charge in [0.25, 0.3) is 11.8 Å². The number of alkyl halides is 4. The summed E-state index contributed by atoms with van der Waals surface area (Å²) in [5, 5.41) is 8.07. The van der Waals surface area contributed by atoms with E-state index in [-0.39, 0.29) is 0 Å². The van der Waals surface area contributed by atoms with Gasteiger partial charge in [0, 0.05) is 13.0 Å². The van der Waals surface area contributed by atoms with Crippen molar-refractivity contribution >= 4 is 0 Å². The molecule has 1 N–H and O–H groups in total. The summed E-state index contributed by atoms with van der Waals surface area (Å²) in [7, 11) is 0. The van der Waals surface area contributed by atoms with Crippen LogP contribution in [-0.4, -0.2) is 23.6 Å². The van der Waals surface area contributed by atoms with Crippen molar-refractivity contribution in [2.24, 2.45) is 0 Å². The smallest absolute Gasteiger partial charge is 0.256 e. The van der Waals surface area contributed by atoms with Crippen LogP contribution in [0.4, 0.5) is 17.6 Å². The van der Waals surface area contributed by atoms with Gasteiger partial charge in [0.2, 0.25) is 0 Å². The Kier molecular flexibility index (Phi) is 3.29. The van der Waals surface area contributed by atoms with Crippen molar-refractivity contribution in [3.63, 3.8) is 0 Å². The van der Waals surface area contributed by atoms with E-state index in [0.29, 0.717) is 6.92 Å². The standard InChI is InChI=1S/C6H10F4O/c1-5(7,8)4-6(9,10)2-3-11/h11H,2-4H2,1H3. The van der Waals surface area contributed by atoms with Gasteiger partial charge in [-0.25, -0.2) is 17.6 Å². The molecule has 0 rings (SSSR count). The summed E-state index contributed by atoms with van der Waals surface area (Å²) in [6.07, 6.45) is -2.41. The first kappa shape index (κ1) is 10.7. The predicted molar refractivity (Wildman–Crippen MR) is 31.9 cm³/mol. The Hall–Kier alpha value is -0.320. The second-order valence-corrected chi connectivity index (χ2v) is 2.58. The van der Waals surface area contributed by atoms with E-state index in [1.54, 1.807) is 0 Å². The number of hydrogen-bond acceptors (Lipinski definition) is 1. The SMILES string of the molecule is CC(F)(F)CC(F)(F)CCO. The van der Waals surface area contributed by atoms with E-state index in [1.165, 1.54) is 0 Å². The third-order valence-corrected chi connectivity index (χ3v) is 1.05. The second-order valence-electron chi connectivity index (χ2n) is 2.58. The lowest BCUT2D eigenvalue weighted by molar-refractivity contribution is -0.109. The first-order valence-electron chi connectivity index (χ1n) is 3.13. The van der Waals surface area contributed by atoms with Crippen LogP contribution in [0.2, 0.25) is 0 Å². The van der Waals surface area contributed by atoms with Gasteiger partial charge < -0.3 is 5.11 Å². The zero-order valence-corrected chi connectivity index (χ0v) is 6.08. The Morgan fingerprint density at radius 2 is 1.64 bits per heavy atom. The molecule has 0 unspecified atom stereocenters. The van der Waals surface area contributed by atoms with Gasteiger partial charge in [-0.3, -0.25) is 0 Å². The average Bonchev–Trinajstić information content (AvgIpc) is 1.55. The van der Waals surface area contributed by atoms with Crippen molar-refractivity contribution in [2.75, 3.05) is 6.61 Å². The quantitative estimate of drug-likeness (QED) is 0.646. The van der Waals surface area contributed by atoms with E-state index >= 15 is 0 Å². The minimum atomic E-state index is -3.47. The van der Waals surface area contributed by atoms with E-state index in [9.17, 15) is 17.6 Å². The number of aliphatic hydroxyl groups excluding tert-OH is 1. The molecule has 0 saturated heterocycles. The third-order valence-electron chi connectivity index (χ3n) is 1.05. The molecule has 11 heavy (non-hydrogen) atoms. The van der Waals surface area contributed by atoms with E-state index in [2.05, 4.69) is 0 Å². The van der Waals surface area contributed by atoms with E-state index in [0.717, 1.165) is 0 Å². The van der Waals surface area contributed by atoms with Crippen molar-refractivity contribution in [1.29, 1.82) is 0 Å². The van der Waals surface area contributed by atoms with E-state index in [4.69, 9.17) is 5.11 Å². The number of aliphatic hydroxyl groups is 1. The fourth-order valence-corrected chi connectivity index (χ4v) is 0.706. The Morgan fingerprint density at radius 1 is 1.18 bits per heavy atom. The molecule has 0 aromatic carbocycles. The Labute approximate surface area is 62.0 Å². The summed E-state index contributed by atoms with van der Waals surface area (Å²) in [4.78, 5) is 0. The second kappa shape index (κ2) is 3.38. The maximum Gasteiger partial charge on any atom is 0.256 e. The average molecular weight is 174 g/mol. The monoisotopic (exact) mass is 174 g/mol. The molecule has 0 amide bonds. The Bertz CT molecular complexity index is 118. The molecule has 0 atom stereocenters. The van der Waals surface area contributed by atoms with Gasteiger partial charge in [0.1, 0.15) is 0 Å². The molecule has 0 spiro atoms. The molecule has 5 heteroatoms. The highest BCUT2D eigenvalue weighted by molar-refractivity contribution is 4.73. The zero-order valence-electron chi connectivity index (χ0n) is 6.08. The molecule has 0 aliphatic carbocycles. The van der Waals surface area contributed by atoms with Crippen LogP contribution in [0.5, 0.6) is 0 Å². The van der Waals surface area contributed by atoms with E-state index in [1.807, 2.05) is 0 Å². The van der Waals surface area contributed by atoms with Gasteiger partial charge in [-0.15, -0.1) is 0 Å². The highest BCUT2D eigenvalue weighted by Gasteiger charge is 2.39. The predicted octanol–water partition coefficient (Wildman–Crippen LogP) is 2.05. The molecule has 0 aromatic heterocycles. The fourth-order valence-electron chi connectivity index (χ4n) is 0.706. The summed E-state index contributed by atoms with van der Waals surface area (Å²) in [5.74, 6) is -6.84. The van der Waals surface area contributed by atoms with Crippen molar-refractivity contribution < 1.29 is 22.7 Å². The summed E-state index contributed by atoms with van der Waals surface area (Å²) in [6, 6.07) is 0. The molecule has 0 radical (unpaired) electrons. The third kappa shape index (κ3) is 6.09. The Balaban J connectivity index is 3.91. The van der Waals surface area contributed by atoms with Crippen LogP contribution in [0, 0.1) is 0 Å². The number of hydrogen-bond donors (Lipinski definition) is 1. The molecule has 0 aliphatic heterocycles. The highest BCUT2D eigenvalue weighted by Crippen LogP contribution is 2.31. The fraction of sp³-hybridized carbons (Fsp3) is 1.00. The first-order chi connectivity index (χ1) is 4.77. The molecule has 0 saturated carbocycles. The maximum absolute atomic E-state index is 12.3.